The van der Waals surface area contributed by atoms with E-state index in [4.69, 9.17) is 5.11 Å². The summed E-state index contributed by atoms with van der Waals surface area (Å²) in [4.78, 5) is 13.8. The number of pyridine rings is 1. The number of halogens is 2. The maximum absolute atomic E-state index is 12.2. The lowest BCUT2D eigenvalue weighted by molar-refractivity contribution is -0.136. The van der Waals surface area contributed by atoms with E-state index >= 15 is 0 Å². The van der Waals surface area contributed by atoms with E-state index in [9.17, 15) is 13.6 Å². The molecule has 0 aliphatic carbocycles. The number of carboxylic acids is 1. The number of nitrogens with zero attached hydrogens (tertiary/aromatic N) is 1. The van der Waals surface area contributed by atoms with Crippen LogP contribution < -0.4 is 0 Å². The average molecular weight is 201 g/mol. The van der Waals surface area contributed by atoms with Gasteiger partial charge in [-0.25, -0.2) is 8.78 Å². The first-order chi connectivity index (χ1) is 6.59. The summed E-state index contributed by atoms with van der Waals surface area (Å²) in [6.07, 6.45) is -2.53. The van der Waals surface area contributed by atoms with Crippen LogP contribution in [0.4, 0.5) is 8.78 Å². The van der Waals surface area contributed by atoms with Crippen LogP contribution in [0.3, 0.4) is 0 Å². The Kier molecular flexibility index (Phi) is 3.50. The third-order valence-corrected chi connectivity index (χ3v) is 1.65. The third kappa shape index (κ3) is 3.08. The van der Waals surface area contributed by atoms with Crippen molar-refractivity contribution in [1.82, 2.24) is 4.98 Å². The van der Waals surface area contributed by atoms with Crippen molar-refractivity contribution in [1.29, 1.82) is 0 Å². The van der Waals surface area contributed by atoms with E-state index in [0.717, 1.165) is 0 Å². The van der Waals surface area contributed by atoms with Crippen LogP contribution >= 0.6 is 0 Å². The second kappa shape index (κ2) is 4.64. The zero-order valence-corrected chi connectivity index (χ0v) is 7.28. The van der Waals surface area contributed by atoms with E-state index < -0.39 is 12.4 Å². The predicted molar refractivity (Wildman–Crippen MR) is 45.2 cm³/mol. The number of aromatic nitrogens is 1. The minimum Gasteiger partial charge on any atom is -0.481 e. The Hall–Kier alpha value is -1.52. The molecule has 0 bridgehead atoms. The molecule has 1 N–H and O–H groups in total. The van der Waals surface area contributed by atoms with Crippen LogP contribution in [0.1, 0.15) is 24.2 Å². The number of alkyl halides is 2. The van der Waals surface area contributed by atoms with Gasteiger partial charge in [-0.3, -0.25) is 9.78 Å². The fourth-order valence-electron chi connectivity index (χ4n) is 0.994. The van der Waals surface area contributed by atoms with Crippen molar-refractivity contribution in [3.05, 3.63) is 29.6 Å². The normalized spacial score (nSPS) is 10.5. The number of hydrogen-bond donors (Lipinski definition) is 1. The molecule has 1 aromatic rings. The Balaban J connectivity index is 2.68. The van der Waals surface area contributed by atoms with Crippen molar-refractivity contribution in [3.8, 4) is 0 Å². The zero-order chi connectivity index (χ0) is 10.6. The summed E-state index contributed by atoms with van der Waals surface area (Å²) in [5, 5.41) is 8.38. The number of aryl methyl sites for hydroxylation is 1. The van der Waals surface area contributed by atoms with Gasteiger partial charge in [0.25, 0.3) is 6.43 Å². The van der Waals surface area contributed by atoms with Gasteiger partial charge in [-0.1, -0.05) is 6.07 Å². The van der Waals surface area contributed by atoms with Crippen molar-refractivity contribution in [3.63, 3.8) is 0 Å². The van der Waals surface area contributed by atoms with Gasteiger partial charge in [0.05, 0.1) is 6.42 Å². The summed E-state index contributed by atoms with van der Waals surface area (Å²) in [5.74, 6) is -0.964. The van der Waals surface area contributed by atoms with E-state index in [1.165, 1.54) is 18.2 Å². The molecule has 1 heterocycles. The lowest BCUT2D eigenvalue weighted by Gasteiger charge is -2.01. The molecule has 0 unspecified atom stereocenters. The Morgan fingerprint density at radius 3 is 2.79 bits per heavy atom. The van der Waals surface area contributed by atoms with Crippen molar-refractivity contribution in [2.45, 2.75) is 19.3 Å². The Morgan fingerprint density at radius 2 is 2.21 bits per heavy atom. The van der Waals surface area contributed by atoms with E-state index in [0.29, 0.717) is 5.69 Å². The van der Waals surface area contributed by atoms with Gasteiger partial charge in [-0.2, -0.15) is 0 Å². The number of rotatable bonds is 4. The van der Waals surface area contributed by atoms with Crippen molar-refractivity contribution < 1.29 is 18.7 Å². The molecular weight excluding hydrogens is 192 g/mol. The maximum atomic E-state index is 12.2. The molecule has 1 rings (SSSR count). The maximum Gasteiger partial charge on any atom is 0.303 e. The van der Waals surface area contributed by atoms with Gasteiger partial charge in [0, 0.05) is 12.1 Å². The van der Waals surface area contributed by atoms with Gasteiger partial charge < -0.3 is 5.11 Å². The van der Waals surface area contributed by atoms with E-state index in [2.05, 4.69) is 4.98 Å². The van der Waals surface area contributed by atoms with E-state index in [-0.39, 0.29) is 18.5 Å². The van der Waals surface area contributed by atoms with E-state index in [1.54, 1.807) is 0 Å². The van der Waals surface area contributed by atoms with Crippen LogP contribution in [0.15, 0.2) is 18.2 Å². The molecule has 14 heavy (non-hydrogen) atoms. The van der Waals surface area contributed by atoms with Gasteiger partial charge in [0.2, 0.25) is 0 Å². The molecule has 76 valence electrons. The number of hydrogen-bond acceptors (Lipinski definition) is 2. The van der Waals surface area contributed by atoms with Crippen LogP contribution in [0.5, 0.6) is 0 Å². The molecule has 0 aromatic carbocycles. The standard InChI is InChI=1S/C9H9F2NO2/c10-9(11)7-3-1-2-6(12-7)4-5-8(13)14/h1-3,9H,4-5H2,(H,13,14). The SMILES string of the molecule is O=C(O)CCc1cccc(C(F)F)n1. The lowest BCUT2D eigenvalue weighted by Crippen LogP contribution is -2.01. The molecule has 0 spiro atoms. The summed E-state index contributed by atoms with van der Waals surface area (Å²) in [5.41, 5.74) is 0.0677. The molecule has 5 heteroatoms. The molecule has 0 saturated heterocycles. The molecule has 3 nitrogen and oxygen atoms in total. The van der Waals surface area contributed by atoms with Crippen LogP contribution in [-0.4, -0.2) is 16.1 Å². The number of aliphatic carboxylic acids is 1. The van der Waals surface area contributed by atoms with Crippen LogP contribution in [0.25, 0.3) is 0 Å². The quantitative estimate of drug-likeness (QED) is 0.810. The van der Waals surface area contributed by atoms with Gasteiger partial charge >= 0.3 is 5.97 Å². The second-order valence-electron chi connectivity index (χ2n) is 2.75. The molecule has 0 aliphatic heterocycles. The smallest absolute Gasteiger partial charge is 0.303 e. The van der Waals surface area contributed by atoms with Crippen molar-refractivity contribution in [2.75, 3.05) is 0 Å². The fraction of sp³-hybridized carbons (Fsp3) is 0.333. The highest BCUT2D eigenvalue weighted by molar-refractivity contribution is 5.66. The van der Waals surface area contributed by atoms with Crippen molar-refractivity contribution in [2.24, 2.45) is 0 Å². The average Bonchev–Trinajstić information content (AvgIpc) is 2.15. The van der Waals surface area contributed by atoms with Crippen LogP contribution in [-0.2, 0) is 11.2 Å². The first kappa shape index (κ1) is 10.6. The largest absolute Gasteiger partial charge is 0.481 e. The summed E-state index contributed by atoms with van der Waals surface area (Å²) in [6.45, 7) is 0. The second-order valence-corrected chi connectivity index (χ2v) is 2.75. The highest BCUT2D eigenvalue weighted by atomic mass is 19.3. The molecule has 0 fully saturated rings. The number of carbonyl (C=O) groups is 1. The van der Waals surface area contributed by atoms with Crippen LogP contribution in [0, 0.1) is 0 Å². The molecular formula is C9H9F2NO2. The van der Waals surface area contributed by atoms with E-state index in [1.807, 2.05) is 0 Å². The summed E-state index contributed by atoms with van der Waals surface area (Å²) < 4.78 is 24.3. The van der Waals surface area contributed by atoms with Gasteiger partial charge in [-0.05, 0) is 12.1 Å². The molecule has 0 amide bonds. The Morgan fingerprint density at radius 1 is 1.50 bits per heavy atom. The first-order valence-corrected chi connectivity index (χ1v) is 4.05. The highest BCUT2D eigenvalue weighted by Crippen LogP contribution is 2.16. The summed E-state index contributed by atoms with van der Waals surface area (Å²) >= 11 is 0. The molecule has 0 aliphatic rings. The molecule has 1 aromatic heterocycles. The molecule has 0 radical (unpaired) electrons. The van der Waals surface area contributed by atoms with Gasteiger partial charge in [0.1, 0.15) is 5.69 Å². The van der Waals surface area contributed by atoms with Gasteiger partial charge in [-0.15, -0.1) is 0 Å². The Labute approximate surface area is 79.4 Å². The first-order valence-electron chi connectivity index (χ1n) is 4.05. The summed E-state index contributed by atoms with van der Waals surface area (Å²) in [7, 11) is 0. The zero-order valence-electron chi connectivity index (χ0n) is 7.28. The number of carboxylic acid groups (broad SMARTS) is 1. The van der Waals surface area contributed by atoms with Crippen LogP contribution in [0.2, 0.25) is 0 Å². The predicted octanol–water partition coefficient (Wildman–Crippen LogP) is 2.04. The summed E-state index contributed by atoms with van der Waals surface area (Å²) in [6, 6.07) is 4.20. The van der Waals surface area contributed by atoms with Crippen molar-refractivity contribution >= 4 is 5.97 Å². The van der Waals surface area contributed by atoms with Gasteiger partial charge in [0.15, 0.2) is 0 Å². The minimum atomic E-state index is -2.61. The monoisotopic (exact) mass is 201 g/mol. The molecule has 0 atom stereocenters. The minimum absolute atomic E-state index is 0.0975. The highest BCUT2D eigenvalue weighted by Gasteiger charge is 2.09. The topological polar surface area (TPSA) is 50.2 Å². The molecule has 0 saturated carbocycles. The third-order valence-electron chi connectivity index (χ3n) is 1.65. The lowest BCUT2D eigenvalue weighted by atomic mass is 10.2. The fourth-order valence-corrected chi connectivity index (χ4v) is 0.994. The Bertz CT molecular complexity index is 328.